The van der Waals surface area contributed by atoms with E-state index in [0.29, 0.717) is 43.3 Å². The Morgan fingerprint density at radius 1 is 1.00 bits per heavy atom. The molecule has 0 atom stereocenters. The number of thioether (sulfide) groups is 1. The molecule has 0 unspecified atom stereocenters. The number of ether oxygens (including phenoxy) is 1. The van der Waals surface area contributed by atoms with E-state index in [9.17, 15) is 9.59 Å². The molecule has 0 saturated carbocycles. The second-order valence-corrected chi connectivity index (χ2v) is 9.14. The Morgan fingerprint density at radius 3 is 2.21 bits per heavy atom. The van der Waals surface area contributed by atoms with Gasteiger partial charge in [-0.25, -0.2) is 0 Å². The van der Waals surface area contributed by atoms with Crippen LogP contribution in [0.4, 0.5) is 5.69 Å². The molecule has 2 aromatic rings. The third kappa shape index (κ3) is 6.08. The molecule has 1 saturated heterocycles. The molecule has 0 radical (unpaired) electrons. The average Bonchev–Trinajstić information content (AvgIpc) is 2.72. The van der Waals surface area contributed by atoms with E-state index in [2.05, 4.69) is 50.4 Å². The molecule has 0 aromatic heterocycles. The predicted octanol–water partition coefficient (Wildman–Crippen LogP) is 4.19. The lowest BCUT2D eigenvalue weighted by Gasteiger charge is -2.26. The second-order valence-electron chi connectivity index (χ2n) is 8.09. The molecule has 0 spiro atoms. The molecule has 1 aliphatic rings. The molecule has 1 aliphatic heterocycles. The third-order valence-electron chi connectivity index (χ3n) is 4.80. The average molecular weight is 413 g/mol. The molecule has 1 fully saturated rings. The summed E-state index contributed by atoms with van der Waals surface area (Å²) in [4.78, 5) is 27.6. The van der Waals surface area contributed by atoms with E-state index in [1.165, 1.54) is 17.3 Å². The molecule has 1 heterocycles. The Kier molecular flexibility index (Phi) is 6.98. The first-order chi connectivity index (χ1) is 13.8. The van der Waals surface area contributed by atoms with Gasteiger partial charge in [0, 0.05) is 29.2 Å². The van der Waals surface area contributed by atoms with Crippen LogP contribution in [0.2, 0.25) is 0 Å². The Hall–Kier alpha value is -2.31. The SMILES string of the molecule is CC(C)(C)c1ccc(SCC(=O)Nc2ccc(C(=O)N3CCOCC3)cc2)cc1. The van der Waals surface area contributed by atoms with Gasteiger partial charge >= 0.3 is 0 Å². The van der Waals surface area contributed by atoms with Crippen LogP contribution in [0.3, 0.4) is 0 Å². The molecule has 6 heteroatoms. The third-order valence-corrected chi connectivity index (χ3v) is 5.82. The number of rotatable bonds is 5. The zero-order valence-corrected chi connectivity index (χ0v) is 18.1. The first kappa shape index (κ1) is 21.4. The van der Waals surface area contributed by atoms with E-state index in [1.807, 2.05) is 0 Å². The number of nitrogens with one attached hydrogen (secondary N) is 1. The molecule has 0 bridgehead atoms. The van der Waals surface area contributed by atoms with Gasteiger partial charge in [0.25, 0.3) is 5.91 Å². The predicted molar refractivity (Wildman–Crippen MR) is 118 cm³/mol. The number of anilines is 1. The van der Waals surface area contributed by atoms with Crippen LogP contribution in [-0.2, 0) is 14.9 Å². The van der Waals surface area contributed by atoms with Crippen molar-refractivity contribution in [1.82, 2.24) is 4.90 Å². The van der Waals surface area contributed by atoms with Crippen LogP contribution < -0.4 is 5.32 Å². The van der Waals surface area contributed by atoms with Gasteiger partial charge in [-0.2, -0.15) is 0 Å². The maximum atomic E-state index is 12.5. The Labute approximate surface area is 176 Å². The Balaban J connectivity index is 1.49. The van der Waals surface area contributed by atoms with Crippen molar-refractivity contribution in [3.63, 3.8) is 0 Å². The molecule has 1 N–H and O–H groups in total. The summed E-state index contributed by atoms with van der Waals surface area (Å²) in [5.41, 5.74) is 2.71. The van der Waals surface area contributed by atoms with Gasteiger partial charge in [0.05, 0.1) is 19.0 Å². The molecule has 2 amide bonds. The molecule has 29 heavy (non-hydrogen) atoms. The smallest absolute Gasteiger partial charge is 0.254 e. The number of hydrogen-bond acceptors (Lipinski definition) is 4. The summed E-state index contributed by atoms with van der Waals surface area (Å²) >= 11 is 1.51. The fourth-order valence-corrected chi connectivity index (χ4v) is 3.74. The normalized spacial score (nSPS) is 14.5. The molecular formula is C23H28N2O3S. The van der Waals surface area contributed by atoms with E-state index in [0.717, 1.165) is 4.90 Å². The van der Waals surface area contributed by atoms with Gasteiger partial charge in [-0.05, 0) is 47.4 Å². The molecule has 3 rings (SSSR count). The van der Waals surface area contributed by atoms with Crippen molar-refractivity contribution in [3.05, 3.63) is 59.7 Å². The summed E-state index contributed by atoms with van der Waals surface area (Å²) in [6.45, 7) is 8.94. The number of hydrogen-bond donors (Lipinski definition) is 1. The fraction of sp³-hybridized carbons (Fsp3) is 0.391. The van der Waals surface area contributed by atoms with Crippen LogP contribution in [0.15, 0.2) is 53.4 Å². The highest BCUT2D eigenvalue weighted by Crippen LogP contribution is 2.25. The highest BCUT2D eigenvalue weighted by atomic mass is 32.2. The summed E-state index contributed by atoms with van der Waals surface area (Å²) in [5, 5.41) is 2.89. The van der Waals surface area contributed by atoms with Gasteiger partial charge in [0.1, 0.15) is 0 Å². The standard InChI is InChI=1S/C23H28N2O3S/c1-23(2,3)18-6-10-20(11-7-18)29-16-21(26)24-19-8-4-17(5-9-19)22(27)25-12-14-28-15-13-25/h4-11H,12-16H2,1-3H3,(H,24,26). The minimum absolute atomic E-state index is 0.000404. The quantitative estimate of drug-likeness (QED) is 0.748. The lowest BCUT2D eigenvalue weighted by molar-refractivity contribution is -0.113. The number of carbonyl (C=O) groups is 2. The summed E-state index contributed by atoms with van der Waals surface area (Å²) in [6, 6.07) is 15.4. The largest absolute Gasteiger partial charge is 0.378 e. The molecule has 154 valence electrons. The number of amides is 2. The van der Waals surface area contributed by atoms with Gasteiger partial charge in [-0.15, -0.1) is 11.8 Å². The summed E-state index contributed by atoms with van der Waals surface area (Å²) in [5.74, 6) is 0.270. The minimum atomic E-state index is -0.0675. The molecule has 0 aliphatic carbocycles. The van der Waals surface area contributed by atoms with Gasteiger partial charge in [0.2, 0.25) is 5.91 Å². The monoisotopic (exact) mass is 412 g/mol. The number of morpholine rings is 1. The minimum Gasteiger partial charge on any atom is -0.378 e. The topological polar surface area (TPSA) is 58.6 Å². The van der Waals surface area contributed by atoms with E-state index in [-0.39, 0.29) is 17.2 Å². The zero-order valence-electron chi connectivity index (χ0n) is 17.2. The van der Waals surface area contributed by atoms with Gasteiger partial charge in [-0.1, -0.05) is 32.9 Å². The maximum Gasteiger partial charge on any atom is 0.254 e. The van der Waals surface area contributed by atoms with Crippen LogP contribution in [0, 0.1) is 0 Å². The zero-order chi connectivity index (χ0) is 20.9. The Morgan fingerprint density at radius 2 is 1.62 bits per heavy atom. The van der Waals surface area contributed by atoms with Crippen LogP contribution in [-0.4, -0.2) is 48.8 Å². The van der Waals surface area contributed by atoms with Crippen LogP contribution in [0.25, 0.3) is 0 Å². The number of benzene rings is 2. The van der Waals surface area contributed by atoms with Crippen LogP contribution in [0.1, 0.15) is 36.7 Å². The molecular weight excluding hydrogens is 384 g/mol. The van der Waals surface area contributed by atoms with E-state index >= 15 is 0 Å². The van der Waals surface area contributed by atoms with Crippen molar-refractivity contribution in [3.8, 4) is 0 Å². The first-order valence-electron chi connectivity index (χ1n) is 9.83. The molecule has 5 nitrogen and oxygen atoms in total. The summed E-state index contributed by atoms with van der Waals surface area (Å²) < 4.78 is 5.28. The van der Waals surface area contributed by atoms with Gasteiger partial charge in [-0.3, -0.25) is 9.59 Å². The molecule has 2 aromatic carbocycles. The second kappa shape index (κ2) is 9.46. The van der Waals surface area contributed by atoms with Crippen LogP contribution >= 0.6 is 11.8 Å². The van der Waals surface area contributed by atoms with E-state index in [1.54, 1.807) is 29.2 Å². The lowest BCUT2D eigenvalue weighted by Crippen LogP contribution is -2.40. The van der Waals surface area contributed by atoms with E-state index < -0.39 is 0 Å². The van der Waals surface area contributed by atoms with Gasteiger partial charge in [0.15, 0.2) is 0 Å². The maximum absolute atomic E-state index is 12.5. The fourth-order valence-electron chi connectivity index (χ4n) is 3.04. The number of carbonyl (C=O) groups excluding carboxylic acids is 2. The highest BCUT2D eigenvalue weighted by molar-refractivity contribution is 8.00. The lowest BCUT2D eigenvalue weighted by atomic mass is 9.87. The van der Waals surface area contributed by atoms with Crippen molar-refractivity contribution in [2.24, 2.45) is 0 Å². The van der Waals surface area contributed by atoms with Crippen LogP contribution in [0.5, 0.6) is 0 Å². The first-order valence-corrected chi connectivity index (χ1v) is 10.8. The van der Waals surface area contributed by atoms with Crippen molar-refractivity contribution < 1.29 is 14.3 Å². The van der Waals surface area contributed by atoms with Crippen molar-refractivity contribution in [2.75, 3.05) is 37.4 Å². The summed E-state index contributed by atoms with van der Waals surface area (Å²) in [7, 11) is 0. The Bertz CT molecular complexity index is 836. The van der Waals surface area contributed by atoms with Crippen molar-refractivity contribution in [2.45, 2.75) is 31.1 Å². The van der Waals surface area contributed by atoms with Crippen molar-refractivity contribution in [1.29, 1.82) is 0 Å². The van der Waals surface area contributed by atoms with Crippen molar-refractivity contribution >= 4 is 29.3 Å². The number of nitrogens with zero attached hydrogens (tertiary/aromatic N) is 1. The van der Waals surface area contributed by atoms with Gasteiger partial charge < -0.3 is 15.0 Å². The summed E-state index contributed by atoms with van der Waals surface area (Å²) in [6.07, 6.45) is 0. The van der Waals surface area contributed by atoms with E-state index in [4.69, 9.17) is 4.74 Å². The highest BCUT2D eigenvalue weighted by Gasteiger charge is 2.18.